The van der Waals surface area contributed by atoms with Gasteiger partial charge in [0.15, 0.2) is 12.2 Å². The Morgan fingerprint density at radius 2 is 1.41 bits per heavy atom. The Balaban J connectivity index is 3.31. The molecule has 164 valence electrons. The van der Waals surface area contributed by atoms with Crippen LogP contribution in [-0.2, 0) is 47.6 Å². The topological polar surface area (TPSA) is 136 Å². The Kier molecular flexibility index (Phi) is 9.75. The van der Waals surface area contributed by atoms with Crippen LogP contribution in [0.15, 0.2) is 0 Å². The van der Waals surface area contributed by atoms with Crippen LogP contribution in [0.1, 0.15) is 34.6 Å². The van der Waals surface area contributed by atoms with Crippen LogP contribution < -0.4 is 5.32 Å². The number of esters is 4. The lowest BCUT2D eigenvalue weighted by molar-refractivity contribution is -0.270. The molecular formula is C17H25NO10S. The van der Waals surface area contributed by atoms with Crippen LogP contribution in [0, 0.1) is 0 Å². The maximum absolute atomic E-state index is 11.7. The van der Waals surface area contributed by atoms with Crippen molar-refractivity contribution in [2.45, 2.75) is 65.3 Å². The van der Waals surface area contributed by atoms with Gasteiger partial charge in [-0.2, -0.15) is 0 Å². The molecule has 1 N–H and O–H groups in total. The standard InChI is InChI=1S/C17H25NO10S/c1-6-23-17(29)18-13-15(26-10(4)21)14(25-9(3)20)12(7-24-8(2)19)28-16(13)27-11(5)22/h12-16H,6-7H2,1-5H3,(H,18,29)/t12-,13-,14-,15-,16+/m1/s1. The zero-order valence-corrected chi connectivity index (χ0v) is 17.6. The third-order valence-electron chi connectivity index (χ3n) is 3.54. The van der Waals surface area contributed by atoms with Crippen LogP contribution in [0.3, 0.4) is 0 Å². The largest absolute Gasteiger partial charge is 0.471 e. The fourth-order valence-electron chi connectivity index (χ4n) is 2.63. The van der Waals surface area contributed by atoms with Gasteiger partial charge in [0.1, 0.15) is 18.8 Å². The van der Waals surface area contributed by atoms with E-state index >= 15 is 0 Å². The fourth-order valence-corrected chi connectivity index (χ4v) is 2.88. The first-order valence-corrected chi connectivity index (χ1v) is 9.19. The number of hydrogen-bond donors (Lipinski definition) is 1. The molecule has 0 bridgehead atoms. The van der Waals surface area contributed by atoms with Crippen LogP contribution in [0.5, 0.6) is 0 Å². The van der Waals surface area contributed by atoms with Crippen molar-refractivity contribution < 1.29 is 47.6 Å². The van der Waals surface area contributed by atoms with Gasteiger partial charge in [0.05, 0.1) is 6.61 Å². The van der Waals surface area contributed by atoms with Crippen molar-refractivity contribution in [1.29, 1.82) is 0 Å². The van der Waals surface area contributed by atoms with Gasteiger partial charge in [-0.05, 0) is 19.1 Å². The van der Waals surface area contributed by atoms with Crippen molar-refractivity contribution in [2.75, 3.05) is 13.2 Å². The summed E-state index contributed by atoms with van der Waals surface area (Å²) in [5.74, 6) is -2.69. The van der Waals surface area contributed by atoms with Gasteiger partial charge in [-0.3, -0.25) is 19.2 Å². The lowest BCUT2D eigenvalue weighted by atomic mass is 9.96. The van der Waals surface area contributed by atoms with E-state index in [-0.39, 0.29) is 18.4 Å². The highest BCUT2D eigenvalue weighted by atomic mass is 32.1. The summed E-state index contributed by atoms with van der Waals surface area (Å²) in [6.45, 7) is 6.25. The molecule has 1 aliphatic heterocycles. The van der Waals surface area contributed by atoms with Crippen molar-refractivity contribution >= 4 is 41.3 Å². The predicted molar refractivity (Wildman–Crippen MR) is 99.3 cm³/mol. The van der Waals surface area contributed by atoms with E-state index in [1.807, 2.05) is 0 Å². The molecule has 1 saturated heterocycles. The molecular weight excluding hydrogens is 410 g/mol. The molecule has 11 nitrogen and oxygen atoms in total. The molecule has 1 fully saturated rings. The lowest BCUT2D eigenvalue weighted by Gasteiger charge is -2.44. The SMILES string of the molecule is CCOC(=S)N[C@H]1[C@@H](OC(C)=O)O[C@H](COC(C)=O)[C@@H](OC(C)=O)[C@@H]1OC(C)=O. The van der Waals surface area contributed by atoms with Gasteiger partial charge in [-0.15, -0.1) is 0 Å². The number of ether oxygens (including phenoxy) is 6. The van der Waals surface area contributed by atoms with Crippen LogP contribution in [-0.4, -0.2) is 72.9 Å². The van der Waals surface area contributed by atoms with Crippen LogP contribution in [0.4, 0.5) is 0 Å². The average molecular weight is 435 g/mol. The van der Waals surface area contributed by atoms with E-state index in [1.165, 1.54) is 6.92 Å². The zero-order valence-electron chi connectivity index (χ0n) is 16.8. The molecule has 0 aromatic heterocycles. The van der Waals surface area contributed by atoms with Gasteiger partial charge >= 0.3 is 23.9 Å². The van der Waals surface area contributed by atoms with E-state index in [0.717, 1.165) is 20.8 Å². The second kappa shape index (κ2) is 11.5. The van der Waals surface area contributed by atoms with E-state index in [4.69, 9.17) is 40.6 Å². The smallest absolute Gasteiger partial charge is 0.305 e. The minimum absolute atomic E-state index is 0.0737. The Morgan fingerprint density at radius 1 is 0.862 bits per heavy atom. The first-order valence-electron chi connectivity index (χ1n) is 8.78. The lowest BCUT2D eigenvalue weighted by Crippen LogP contribution is -2.67. The summed E-state index contributed by atoms with van der Waals surface area (Å²) in [6.07, 6.45) is -4.80. The van der Waals surface area contributed by atoms with Gasteiger partial charge < -0.3 is 33.7 Å². The minimum atomic E-state index is -1.32. The maximum atomic E-state index is 11.7. The number of hydrogen-bond acceptors (Lipinski definition) is 11. The van der Waals surface area contributed by atoms with Gasteiger partial charge in [0.25, 0.3) is 5.17 Å². The van der Waals surface area contributed by atoms with E-state index in [0.29, 0.717) is 0 Å². The van der Waals surface area contributed by atoms with Gasteiger partial charge in [-0.1, -0.05) is 0 Å². The molecule has 0 saturated carbocycles. The quantitative estimate of drug-likeness (QED) is 0.327. The van der Waals surface area contributed by atoms with Gasteiger partial charge in [0, 0.05) is 27.7 Å². The Morgan fingerprint density at radius 3 is 1.90 bits per heavy atom. The molecule has 0 amide bonds. The summed E-state index contributed by atoms with van der Waals surface area (Å²) in [6, 6.07) is -1.07. The molecule has 0 radical (unpaired) electrons. The summed E-state index contributed by atoms with van der Waals surface area (Å²) in [5, 5.41) is 2.68. The van der Waals surface area contributed by atoms with E-state index in [9.17, 15) is 19.2 Å². The molecule has 0 aromatic rings. The second-order valence-corrected chi connectivity index (χ2v) is 6.36. The Labute approximate surface area is 173 Å². The van der Waals surface area contributed by atoms with E-state index in [1.54, 1.807) is 6.92 Å². The molecule has 0 spiro atoms. The molecule has 1 rings (SSSR count). The highest BCUT2D eigenvalue weighted by Gasteiger charge is 2.52. The maximum Gasteiger partial charge on any atom is 0.305 e. The molecule has 0 aliphatic carbocycles. The van der Waals surface area contributed by atoms with Crippen molar-refractivity contribution in [3.63, 3.8) is 0 Å². The van der Waals surface area contributed by atoms with Crippen LogP contribution in [0.2, 0.25) is 0 Å². The number of carbonyl (C=O) groups is 4. The normalized spacial score (nSPS) is 25.9. The summed E-state index contributed by atoms with van der Waals surface area (Å²) < 4.78 is 31.6. The van der Waals surface area contributed by atoms with E-state index in [2.05, 4.69) is 5.32 Å². The third-order valence-corrected chi connectivity index (χ3v) is 3.78. The molecule has 0 unspecified atom stereocenters. The molecule has 1 aliphatic rings. The van der Waals surface area contributed by atoms with Crippen LogP contribution >= 0.6 is 12.2 Å². The summed E-state index contributed by atoms with van der Waals surface area (Å²) in [4.78, 5) is 46.1. The minimum Gasteiger partial charge on any atom is -0.471 e. The number of rotatable bonds is 7. The van der Waals surface area contributed by atoms with Crippen molar-refractivity contribution in [1.82, 2.24) is 5.32 Å². The molecule has 5 atom stereocenters. The fraction of sp³-hybridized carbons (Fsp3) is 0.706. The molecule has 12 heteroatoms. The predicted octanol–water partition coefficient (Wildman–Crippen LogP) is -0.0195. The van der Waals surface area contributed by atoms with Crippen LogP contribution in [0.25, 0.3) is 0 Å². The first kappa shape index (κ1) is 24.6. The number of thiocarbonyl (C=S) groups is 1. The zero-order chi connectivity index (χ0) is 22.1. The third kappa shape index (κ3) is 8.20. The summed E-state index contributed by atoms with van der Waals surface area (Å²) in [7, 11) is 0. The van der Waals surface area contributed by atoms with Crippen molar-refractivity contribution in [3.8, 4) is 0 Å². The van der Waals surface area contributed by atoms with Gasteiger partial charge in [-0.25, -0.2) is 0 Å². The molecule has 1 heterocycles. The Bertz CT molecular complexity index is 640. The van der Waals surface area contributed by atoms with Crippen molar-refractivity contribution in [3.05, 3.63) is 0 Å². The summed E-state index contributed by atoms with van der Waals surface area (Å²) in [5.41, 5.74) is 0. The van der Waals surface area contributed by atoms with Gasteiger partial charge in [0.2, 0.25) is 6.29 Å². The summed E-state index contributed by atoms with van der Waals surface area (Å²) >= 11 is 5.06. The monoisotopic (exact) mass is 435 g/mol. The van der Waals surface area contributed by atoms with E-state index < -0.39 is 54.5 Å². The highest BCUT2D eigenvalue weighted by molar-refractivity contribution is 7.80. The second-order valence-electron chi connectivity index (χ2n) is 5.99. The highest BCUT2D eigenvalue weighted by Crippen LogP contribution is 2.28. The Hall–Kier alpha value is -2.47. The number of carbonyl (C=O) groups excluding carboxylic acids is 4. The number of nitrogens with one attached hydrogen (secondary N) is 1. The van der Waals surface area contributed by atoms with Crippen molar-refractivity contribution in [2.24, 2.45) is 0 Å². The molecule has 29 heavy (non-hydrogen) atoms. The first-order chi connectivity index (χ1) is 13.5. The molecule has 0 aromatic carbocycles. The average Bonchev–Trinajstić information content (AvgIpc) is 2.57.